The van der Waals surface area contributed by atoms with E-state index in [1.54, 1.807) is 0 Å². The predicted molar refractivity (Wildman–Crippen MR) is 55.7 cm³/mol. The molecule has 0 saturated carbocycles. The molecule has 2 rings (SSSR count). The van der Waals surface area contributed by atoms with Crippen LogP contribution in [0.15, 0.2) is 24.3 Å². The van der Waals surface area contributed by atoms with Crippen molar-refractivity contribution in [2.45, 2.75) is 26.3 Å². The van der Waals surface area contributed by atoms with Crippen molar-refractivity contribution in [2.75, 3.05) is 6.54 Å². The van der Waals surface area contributed by atoms with E-state index in [1.807, 2.05) is 0 Å². The van der Waals surface area contributed by atoms with Gasteiger partial charge in [-0.25, -0.2) is 0 Å². The van der Waals surface area contributed by atoms with Gasteiger partial charge in [0.05, 0.1) is 0 Å². The Morgan fingerprint density at radius 1 is 1.31 bits per heavy atom. The van der Waals surface area contributed by atoms with Crippen LogP contribution in [0.5, 0.6) is 0 Å². The lowest BCUT2D eigenvalue weighted by molar-refractivity contribution is 0.609. The van der Waals surface area contributed by atoms with E-state index in [0.717, 1.165) is 5.92 Å². The number of benzene rings is 1. The van der Waals surface area contributed by atoms with Crippen LogP contribution in [0, 0.1) is 12.8 Å². The normalized spacial score (nSPS) is 27.8. The summed E-state index contributed by atoms with van der Waals surface area (Å²) in [6, 6.07) is 9.27. The first-order chi connectivity index (χ1) is 6.27. The Morgan fingerprint density at radius 3 is 2.69 bits per heavy atom. The molecule has 1 fully saturated rings. The lowest BCUT2D eigenvalue weighted by atomic mass is 9.98. The highest BCUT2D eigenvalue weighted by Gasteiger charge is 2.22. The zero-order chi connectivity index (χ0) is 9.26. The Morgan fingerprint density at radius 2 is 2.08 bits per heavy atom. The molecule has 0 aromatic heterocycles. The van der Waals surface area contributed by atoms with Gasteiger partial charge in [0.1, 0.15) is 0 Å². The second-order valence-electron chi connectivity index (χ2n) is 4.16. The van der Waals surface area contributed by atoms with Gasteiger partial charge in [-0.2, -0.15) is 0 Å². The fourth-order valence-corrected chi connectivity index (χ4v) is 2.13. The summed E-state index contributed by atoms with van der Waals surface area (Å²) in [4.78, 5) is 0. The average molecular weight is 175 g/mol. The van der Waals surface area contributed by atoms with Gasteiger partial charge in [-0.15, -0.1) is 0 Å². The minimum atomic E-state index is 0.594. The first kappa shape index (κ1) is 8.76. The number of rotatable bonds is 1. The van der Waals surface area contributed by atoms with Crippen molar-refractivity contribution in [3.05, 3.63) is 35.4 Å². The van der Waals surface area contributed by atoms with Crippen molar-refractivity contribution in [3.63, 3.8) is 0 Å². The van der Waals surface area contributed by atoms with E-state index in [-0.39, 0.29) is 0 Å². The van der Waals surface area contributed by atoms with E-state index >= 15 is 0 Å². The topological polar surface area (TPSA) is 12.0 Å². The Labute approximate surface area is 80.2 Å². The van der Waals surface area contributed by atoms with E-state index in [0.29, 0.717) is 6.04 Å². The highest BCUT2D eigenvalue weighted by atomic mass is 14.9. The van der Waals surface area contributed by atoms with Crippen molar-refractivity contribution in [1.29, 1.82) is 0 Å². The van der Waals surface area contributed by atoms with E-state index < -0.39 is 0 Å². The Hall–Kier alpha value is -0.820. The summed E-state index contributed by atoms with van der Waals surface area (Å²) < 4.78 is 0. The monoisotopic (exact) mass is 175 g/mol. The molecule has 1 aromatic carbocycles. The van der Waals surface area contributed by atoms with Gasteiger partial charge in [-0.1, -0.05) is 31.2 Å². The fraction of sp³-hybridized carbons (Fsp3) is 0.500. The molecule has 1 aliphatic heterocycles. The molecule has 1 N–H and O–H groups in total. The quantitative estimate of drug-likeness (QED) is 0.692. The van der Waals surface area contributed by atoms with Crippen LogP contribution < -0.4 is 5.32 Å². The number of hydrogen-bond acceptors (Lipinski definition) is 1. The molecule has 70 valence electrons. The van der Waals surface area contributed by atoms with E-state index in [1.165, 1.54) is 24.1 Å². The second kappa shape index (κ2) is 3.51. The van der Waals surface area contributed by atoms with Gasteiger partial charge in [-0.3, -0.25) is 0 Å². The summed E-state index contributed by atoms with van der Waals surface area (Å²) in [5.74, 6) is 0.824. The van der Waals surface area contributed by atoms with Crippen LogP contribution in [-0.4, -0.2) is 6.54 Å². The zero-order valence-electron chi connectivity index (χ0n) is 8.38. The molecule has 1 aromatic rings. The molecule has 1 heterocycles. The van der Waals surface area contributed by atoms with Crippen LogP contribution in [0.3, 0.4) is 0 Å². The van der Waals surface area contributed by atoms with Gasteiger partial charge in [0.15, 0.2) is 0 Å². The minimum absolute atomic E-state index is 0.594. The summed E-state index contributed by atoms with van der Waals surface area (Å²) in [6.45, 7) is 5.67. The van der Waals surface area contributed by atoms with Gasteiger partial charge < -0.3 is 5.32 Å². The third-order valence-corrected chi connectivity index (χ3v) is 2.91. The molecule has 1 nitrogen and oxygen atoms in total. The SMILES string of the molecule is Cc1ccccc1[C@H]1C[C@H](C)CN1. The van der Waals surface area contributed by atoms with E-state index in [9.17, 15) is 0 Å². The summed E-state index contributed by atoms with van der Waals surface area (Å²) in [6.07, 6.45) is 1.28. The molecule has 1 heteroatoms. The lowest BCUT2D eigenvalue weighted by Crippen LogP contribution is -2.14. The van der Waals surface area contributed by atoms with Crippen LogP contribution >= 0.6 is 0 Å². The van der Waals surface area contributed by atoms with Crippen LogP contribution in [0.4, 0.5) is 0 Å². The summed E-state index contributed by atoms with van der Waals surface area (Å²) in [5, 5.41) is 3.56. The molecule has 0 unspecified atom stereocenters. The van der Waals surface area contributed by atoms with Gasteiger partial charge in [0, 0.05) is 6.04 Å². The number of aryl methyl sites for hydroxylation is 1. The van der Waals surface area contributed by atoms with Crippen LogP contribution in [-0.2, 0) is 0 Å². The van der Waals surface area contributed by atoms with Crippen LogP contribution in [0.2, 0.25) is 0 Å². The third kappa shape index (κ3) is 1.75. The lowest BCUT2D eigenvalue weighted by Gasteiger charge is -2.13. The van der Waals surface area contributed by atoms with Crippen molar-refractivity contribution in [3.8, 4) is 0 Å². The highest BCUT2D eigenvalue weighted by Crippen LogP contribution is 2.28. The maximum absolute atomic E-state index is 3.56. The summed E-state index contributed by atoms with van der Waals surface area (Å²) >= 11 is 0. The van der Waals surface area contributed by atoms with Gasteiger partial charge in [0.25, 0.3) is 0 Å². The molecule has 1 saturated heterocycles. The highest BCUT2D eigenvalue weighted by molar-refractivity contribution is 5.29. The maximum Gasteiger partial charge on any atom is 0.0325 e. The van der Waals surface area contributed by atoms with E-state index in [2.05, 4.69) is 43.4 Å². The first-order valence-electron chi connectivity index (χ1n) is 5.06. The first-order valence-corrected chi connectivity index (χ1v) is 5.06. The largest absolute Gasteiger partial charge is 0.310 e. The van der Waals surface area contributed by atoms with Crippen molar-refractivity contribution in [2.24, 2.45) is 5.92 Å². The molecular formula is C12H17N. The van der Waals surface area contributed by atoms with Gasteiger partial charge in [-0.05, 0) is 36.9 Å². The molecule has 0 aliphatic carbocycles. The van der Waals surface area contributed by atoms with E-state index in [4.69, 9.17) is 0 Å². The fourth-order valence-electron chi connectivity index (χ4n) is 2.13. The molecule has 1 aliphatic rings. The number of nitrogens with one attached hydrogen (secondary N) is 1. The Bertz CT molecular complexity index is 293. The van der Waals surface area contributed by atoms with Gasteiger partial charge >= 0.3 is 0 Å². The Balaban J connectivity index is 2.21. The van der Waals surface area contributed by atoms with Gasteiger partial charge in [0.2, 0.25) is 0 Å². The molecular weight excluding hydrogens is 158 g/mol. The van der Waals surface area contributed by atoms with Crippen LogP contribution in [0.1, 0.15) is 30.5 Å². The Kier molecular flexibility index (Phi) is 2.36. The molecule has 0 amide bonds. The third-order valence-electron chi connectivity index (χ3n) is 2.91. The smallest absolute Gasteiger partial charge is 0.0325 e. The summed E-state index contributed by atoms with van der Waals surface area (Å²) in [7, 11) is 0. The molecule has 0 spiro atoms. The van der Waals surface area contributed by atoms with Crippen molar-refractivity contribution in [1.82, 2.24) is 5.32 Å². The predicted octanol–water partition coefficient (Wildman–Crippen LogP) is 2.67. The molecule has 0 bridgehead atoms. The minimum Gasteiger partial charge on any atom is -0.310 e. The second-order valence-corrected chi connectivity index (χ2v) is 4.16. The van der Waals surface area contributed by atoms with Crippen molar-refractivity contribution >= 4 is 0 Å². The maximum atomic E-state index is 3.56. The molecule has 13 heavy (non-hydrogen) atoms. The zero-order valence-corrected chi connectivity index (χ0v) is 8.38. The standard InChI is InChI=1S/C12H17N/c1-9-7-12(13-8-9)11-6-4-3-5-10(11)2/h3-6,9,12-13H,7-8H2,1-2H3/t9-,12+/m0/s1. The summed E-state index contributed by atoms with van der Waals surface area (Å²) in [5.41, 5.74) is 2.89. The van der Waals surface area contributed by atoms with Crippen molar-refractivity contribution < 1.29 is 0 Å². The average Bonchev–Trinajstić information content (AvgIpc) is 2.53. The van der Waals surface area contributed by atoms with Crippen LogP contribution in [0.25, 0.3) is 0 Å². The molecule has 2 atom stereocenters. The molecule has 0 radical (unpaired) electrons. The number of hydrogen-bond donors (Lipinski definition) is 1.